The molecule has 1 N–H and O–H groups in total. The van der Waals surface area contributed by atoms with Crippen molar-refractivity contribution in [3.63, 3.8) is 0 Å². The first-order valence-corrected chi connectivity index (χ1v) is 12.1. The van der Waals surface area contributed by atoms with Crippen LogP contribution in [0.15, 0.2) is 62.2 Å². The van der Waals surface area contributed by atoms with Crippen molar-refractivity contribution in [3.05, 3.63) is 96.8 Å². The van der Waals surface area contributed by atoms with E-state index in [0.717, 1.165) is 16.7 Å². The summed E-state index contributed by atoms with van der Waals surface area (Å²) in [6.45, 7) is 4.09. The monoisotopic (exact) mass is 549 g/mol. The Hall–Kier alpha value is -3.78. The number of ether oxygens (including phenoxy) is 2. The van der Waals surface area contributed by atoms with Crippen LogP contribution in [0.5, 0.6) is 17.2 Å². The number of halogens is 1. The van der Waals surface area contributed by atoms with E-state index in [4.69, 9.17) is 13.9 Å². The molecule has 0 bridgehead atoms. The van der Waals surface area contributed by atoms with Crippen LogP contribution in [0.1, 0.15) is 44.4 Å². The Kier molecular flexibility index (Phi) is 6.00. The zero-order valence-corrected chi connectivity index (χ0v) is 21.8. The van der Waals surface area contributed by atoms with Gasteiger partial charge in [0.15, 0.2) is 16.9 Å². The standard InChI is InChI=1S/C28H24BrNO6/c1-14-9-19-21(10-15(14)2)36-27-23(25(19)31)24(17-11-20(29)26(32)22(12-17)35-4)30(28(27)33)13-16-5-7-18(34-3)8-6-16/h5-12,24,32H,13H2,1-4H3. The van der Waals surface area contributed by atoms with Crippen LogP contribution < -0.4 is 14.9 Å². The van der Waals surface area contributed by atoms with Crippen molar-refractivity contribution < 1.29 is 23.8 Å². The highest BCUT2D eigenvalue weighted by Crippen LogP contribution is 2.44. The number of fused-ring (bicyclic) bond motifs is 2. The van der Waals surface area contributed by atoms with Crippen LogP contribution in [0, 0.1) is 13.8 Å². The van der Waals surface area contributed by atoms with Gasteiger partial charge >= 0.3 is 0 Å². The minimum absolute atomic E-state index is 0.0254. The second-order valence-corrected chi connectivity index (χ2v) is 9.70. The molecule has 4 aromatic rings. The molecule has 2 heterocycles. The number of methoxy groups -OCH3 is 2. The van der Waals surface area contributed by atoms with Gasteiger partial charge in [-0.25, -0.2) is 0 Å². The van der Waals surface area contributed by atoms with Gasteiger partial charge in [0.25, 0.3) is 5.91 Å². The van der Waals surface area contributed by atoms with Crippen LogP contribution in [-0.4, -0.2) is 30.1 Å². The van der Waals surface area contributed by atoms with Gasteiger partial charge in [0.05, 0.1) is 35.7 Å². The molecule has 0 radical (unpaired) electrons. The highest BCUT2D eigenvalue weighted by molar-refractivity contribution is 9.10. The molecule has 1 aromatic heterocycles. The number of aryl methyl sites for hydroxylation is 2. The molecule has 5 rings (SSSR count). The fraction of sp³-hybridized carbons (Fsp3) is 0.214. The molecule has 1 aliphatic rings. The molecule has 1 amide bonds. The number of rotatable bonds is 5. The molecule has 184 valence electrons. The molecule has 3 aromatic carbocycles. The Morgan fingerprint density at radius 2 is 1.69 bits per heavy atom. The highest BCUT2D eigenvalue weighted by Gasteiger charge is 2.43. The van der Waals surface area contributed by atoms with E-state index in [-0.39, 0.29) is 40.7 Å². The second kappa shape index (κ2) is 9.02. The van der Waals surface area contributed by atoms with Gasteiger partial charge in [0.1, 0.15) is 11.3 Å². The van der Waals surface area contributed by atoms with Gasteiger partial charge in [0, 0.05) is 6.54 Å². The normalized spacial score (nSPS) is 14.9. The van der Waals surface area contributed by atoms with E-state index in [1.165, 1.54) is 7.11 Å². The van der Waals surface area contributed by atoms with Crippen LogP contribution in [0.2, 0.25) is 0 Å². The quantitative estimate of drug-likeness (QED) is 0.346. The van der Waals surface area contributed by atoms with Gasteiger partial charge in [-0.15, -0.1) is 0 Å². The summed E-state index contributed by atoms with van der Waals surface area (Å²) in [5.41, 5.74) is 3.78. The number of benzene rings is 3. The average molecular weight is 550 g/mol. The molecule has 0 fully saturated rings. The summed E-state index contributed by atoms with van der Waals surface area (Å²) in [6.07, 6.45) is 0. The summed E-state index contributed by atoms with van der Waals surface area (Å²) in [5.74, 6) is 0.501. The number of hydrogen-bond acceptors (Lipinski definition) is 6. The van der Waals surface area contributed by atoms with Crippen LogP contribution in [0.4, 0.5) is 0 Å². The lowest BCUT2D eigenvalue weighted by molar-refractivity contribution is 0.0714. The van der Waals surface area contributed by atoms with Gasteiger partial charge in [-0.1, -0.05) is 12.1 Å². The summed E-state index contributed by atoms with van der Waals surface area (Å²) in [4.78, 5) is 29.2. The van der Waals surface area contributed by atoms with E-state index in [0.29, 0.717) is 26.8 Å². The number of hydrogen-bond donors (Lipinski definition) is 1. The molecule has 36 heavy (non-hydrogen) atoms. The van der Waals surface area contributed by atoms with E-state index in [2.05, 4.69) is 15.9 Å². The second-order valence-electron chi connectivity index (χ2n) is 8.84. The van der Waals surface area contributed by atoms with Crippen molar-refractivity contribution in [2.45, 2.75) is 26.4 Å². The fourth-order valence-electron chi connectivity index (χ4n) is 4.62. The molecular formula is C28H24BrNO6. The number of amides is 1. The maximum Gasteiger partial charge on any atom is 0.291 e. The molecule has 1 unspecified atom stereocenters. The van der Waals surface area contributed by atoms with Crippen LogP contribution in [-0.2, 0) is 6.54 Å². The van der Waals surface area contributed by atoms with E-state index < -0.39 is 6.04 Å². The number of phenolic OH excluding ortho intramolecular Hbond substituents is 1. The number of carbonyl (C=O) groups excluding carboxylic acids is 1. The van der Waals surface area contributed by atoms with Crippen LogP contribution in [0.3, 0.4) is 0 Å². The summed E-state index contributed by atoms with van der Waals surface area (Å²) in [6, 6.07) is 13.6. The highest BCUT2D eigenvalue weighted by atomic mass is 79.9. The van der Waals surface area contributed by atoms with E-state index in [1.54, 1.807) is 36.3 Å². The Balaban J connectivity index is 1.74. The number of nitrogens with zero attached hydrogens (tertiary/aromatic N) is 1. The van der Waals surface area contributed by atoms with Gasteiger partial charge in [-0.3, -0.25) is 9.59 Å². The largest absolute Gasteiger partial charge is 0.503 e. The van der Waals surface area contributed by atoms with Gasteiger partial charge in [-0.05, 0) is 88.4 Å². The number of phenols is 1. The zero-order chi connectivity index (χ0) is 25.7. The Morgan fingerprint density at radius 3 is 2.36 bits per heavy atom. The maximum atomic E-state index is 13.9. The first-order chi connectivity index (χ1) is 17.2. The summed E-state index contributed by atoms with van der Waals surface area (Å²) >= 11 is 3.37. The fourth-order valence-corrected chi connectivity index (χ4v) is 5.08. The first-order valence-electron chi connectivity index (χ1n) is 11.3. The van der Waals surface area contributed by atoms with E-state index in [1.807, 2.05) is 38.1 Å². The average Bonchev–Trinajstić information content (AvgIpc) is 3.14. The third-order valence-corrected chi connectivity index (χ3v) is 7.28. The Labute approximate surface area is 216 Å². The SMILES string of the molecule is COc1ccc(CN2C(=O)c3oc4cc(C)c(C)cc4c(=O)c3C2c2cc(Br)c(O)c(OC)c2)cc1. The van der Waals surface area contributed by atoms with Crippen LogP contribution >= 0.6 is 15.9 Å². The molecule has 8 heteroatoms. The molecular weight excluding hydrogens is 526 g/mol. The molecule has 0 spiro atoms. The predicted molar refractivity (Wildman–Crippen MR) is 139 cm³/mol. The van der Waals surface area contributed by atoms with Crippen LogP contribution in [0.25, 0.3) is 11.0 Å². The lowest BCUT2D eigenvalue weighted by Gasteiger charge is -2.26. The maximum absolute atomic E-state index is 13.9. The predicted octanol–water partition coefficient (Wildman–Crippen LogP) is 5.64. The number of carbonyl (C=O) groups is 1. The molecule has 0 aliphatic carbocycles. The van der Waals surface area contributed by atoms with Gasteiger partial charge in [0.2, 0.25) is 5.76 Å². The van der Waals surface area contributed by atoms with Gasteiger partial charge in [-0.2, -0.15) is 0 Å². The van der Waals surface area contributed by atoms with Crippen molar-refractivity contribution in [2.75, 3.05) is 14.2 Å². The lowest BCUT2D eigenvalue weighted by atomic mass is 9.97. The van der Waals surface area contributed by atoms with Crippen molar-refractivity contribution in [3.8, 4) is 17.2 Å². The first kappa shape index (κ1) is 23.9. The summed E-state index contributed by atoms with van der Waals surface area (Å²) < 4.78 is 17.1. The topological polar surface area (TPSA) is 89.2 Å². The third-order valence-electron chi connectivity index (χ3n) is 6.68. The minimum Gasteiger partial charge on any atom is -0.503 e. The summed E-state index contributed by atoms with van der Waals surface area (Å²) in [5, 5.41) is 10.8. The molecule has 7 nitrogen and oxygen atoms in total. The summed E-state index contributed by atoms with van der Waals surface area (Å²) in [7, 11) is 3.04. The van der Waals surface area contributed by atoms with E-state index in [9.17, 15) is 14.7 Å². The van der Waals surface area contributed by atoms with E-state index >= 15 is 0 Å². The van der Waals surface area contributed by atoms with Gasteiger partial charge < -0.3 is 23.9 Å². The molecule has 0 saturated carbocycles. The Morgan fingerprint density at radius 1 is 1.00 bits per heavy atom. The third kappa shape index (κ3) is 3.82. The molecule has 0 saturated heterocycles. The number of aromatic hydroxyl groups is 1. The minimum atomic E-state index is -0.748. The zero-order valence-electron chi connectivity index (χ0n) is 20.2. The van der Waals surface area contributed by atoms with Crippen molar-refractivity contribution in [2.24, 2.45) is 0 Å². The molecule has 1 aliphatic heterocycles. The smallest absolute Gasteiger partial charge is 0.291 e. The van der Waals surface area contributed by atoms with Crippen molar-refractivity contribution in [1.82, 2.24) is 4.90 Å². The Bertz CT molecular complexity index is 1570. The molecule has 1 atom stereocenters. The lowest BCUT2D eigenvalue weighted by Crippen LogP contribution is -2.29. The van der Waals surface area contributed by atoms with Crippen molar-refractivity contribution in [1.29, 1.82) is 0 Å². The van der Waals surface area contributed by atoms with Crippen molar-refractivity contribution >= 4 is 32.8 Å².